The highest BCUT2D eigenvalue weighted by Gasteiger charge is 2.13. The zero-order valence-electron chi connectivity index (χ0n) is 11.3. The third-order valence-electron chi connectivity index (χ3n) is 3.15. The molecule has 1 unspecified atom stereocenters. The molecule has 0 radical (unpaired) electrons. The molecular formula is C16H17BrN2O. The van der Waals surface area contributed by atoms with Gasteiger partial charge in [-0.2, -0.15) is 0 Å². The lowest BCUT2D eigenvalue weighted by atomic mass is 10.1. The molecule has 2 rings (SSSR count). The van der Waals surface area contributed by atoms with E-state index in [1.807, 2.05) is 49.4 Å². The van der Waals surface area contributed by atoms with E-state index in [1.54, 1.807) is 6.07 Å². The van der Waals surface area contributed by atoms with E-state index in [-0.39, 0.29) is 11.9 Å². The van der Waals surface area contributed by atoms with Crippen LogP contribution >= 0.6 is 15.9 Å². The molecule has 0 aliphatic carbocycles. The van der Waals surface area contributed by atoms with Crippen LogP contribution in [-0.2, 0) is 0 Å². The molecule has 3 N–H and O–H groups in total. The van der Waals surface area contributed by atoms with Gasteiger partial charge in [-0.15, -0.1) is 0 Å². The predicted octanol–water partition coefficient (Wildman–Crippen LogP) is 3.19. The van der Waals surface area contributed by atoms with Crippen LogP contribution in [0.1, 0.15) is 27.5 Å². The van der Waals surface area contributed by atoms with Crippen LogP contribution in [0.5, 0.6) is 0 Å². The summed E-state index contributed by atoms with van der Waals surface area (Å²) in [4.78, 5) is 12.2. The average Bonchev–Trinajstić information content (AvgIpc) is 2.48. The van der Waals surface area contributed by atoms with E-state index >= 15 is 0 Å². The van der Waals surface area contributed by atoms with E-state index in [1.165, 1.54) is 0 Å². The number of carbonyl (C=O) groups excluding carboxylic acids is 1. The van der Waals surface area contributed by atoms with Crippen molar-refractivity contribution in [2.24, 2.45) is 5.73 Å². The van der Waals surface area contributed by atoms with Crippen LogP contribution < -0.4 is 11.1 Å². The fourth-order valence-electron chi connectivity index (χ4n) is 1.94. The van der Waals surface area contributed by atoms with E-state index in [4.69, 9.17) is 5.73 Å². The molecule has 20 heavy (non-hydrogen) atoms. The van der Waals surface area contributed by atoms with Gasteiger partial charge in [-0.25, -0.2) is 0 Å². The summed E-state index contributed by atoms with van der Waals surface area (Å²) in [5.74, 6) is -0.119. The highest BCUT2D eigenvalue weighted by atomic mass is 79.9. The number of aryl methyl sites for hydroxylation is 1. The Labute approximate surface area is 127 Å². The van der Waals surface area contributed by atoms with E-state index in [0.717, 1.165) is 15.6 Å². The summed E-state index contributed by atoms with van der Waals surface area (Å²) < 4.78 is 0.825. The minimum atomic E-state index is -0.205. The molecule has 104 valence electrons. The molecule has 4 heteroatoms. The quantitative estimate of drug-likeness (QED) is 0.903. The molecule has 0 aromatic heterocycles. The normalized spacial score (nSPS) is 11.9. The standard InChI is InChI=1S/C16H17BrN2O/c1-11-6-5-9-13(15(11)17)16(20)19-10-14(18)12-7-3-2-4-8-12/h2-9,14H,10,18H2,1H3,(H,19,20). The molecule has 0 heterocycles. The molecule has 0 saturated heterocycles. The van der Waals surface area contributed by atoms with Crippen LogP contribution in [-0.4, -0.2) is 12.5 Å². The van der Waals surface area contributed by atoms with Gasteiger partial charge in [-0.1, -0.05) is 42.5 Å². The summed E-state index contributed by atoms with van der Waals surface area (Å²) in [6.07, 6.45) is 0. The van der Waals surface area contributed by atoms with Crippen molar-refractivity contribution < 1.29 is 4.79 Å². The number of nitrogens with one attached hydrogen (secondary N) is 1. The zero-order chi connectivity index (χ0) is 14.5. The molecule has 0 bridgehead atoms. The van der Waals surface area contributed by atoms with Crippen molar-refractivity contribution in [3.8, 4) is 0 Å². The highest BCUT2D eigenvalue weighted by molar-refractivity contribution is 9.10. The SMILES string of the molecule is Cc1cccc(C(=O)NCC(N)c2ccccc2)c1Br. The Morgan fingerprint density at radius 3 is 2.60 bits per heavy atom. The fraction of sp³-hybridized carbons (Fsp3) is 0.188. The van der Waals surface area contributed by atoms with Crippen LogP contribution in [0.15, 0.2) is 53.0 Å². The maximum atomic E-state index is 12.2. The Balaban J connectivity index is 2.01. The van der Waals surface area contributed by atoms with Crippen molar-refractivity contribution in [1.82, 2.24) is 5.32 Å². The summed E-state index contributed by atoms with van der Waals surface area (Å²) in [5, 5.41) is 2.87. The van der Waals surface area contributed by atoms with Crippen molar-refractivity contribution in [3.05, 3.63) is 69.7 Å². The van der Waals surface area contributed by atoms with Gasteiger partial charge in [0.1, 0.15) is 0 Å². The molecular weight excluding hydrogens is 316 g/mol. The Kier molecular flexibility index (Phi) is 4.93. The molecule has 2 aromatic carbocycles. The summed E-state index contributed by atoms with van der Waals surface area (Å²) >= 11 is 3.44. The fourth-order valence-corrected chi connectivity index (χ4v) is 2.38. The second-order valence-corrected chi connectivity index (χ2v) is 5.46. The van der Waals surface area contributed by atoms with Crippen LogP contribution in [0.3, 0.4) is 0 Å². The monoisotopic (exact) mass is 332 g/mol. The van der Waals surface area contributed by atoms with Crippen molar-refractivity contribution in [2.75, 3.05) is 6.54 Å². The molecule has 1 atom stereocenters. The molecule has 0 spiro atoms. The summed E-state index contributed by atoms with van der Waals surface area (Å²) in [7, 11) is 0. The van der Waals surface area contributed by atoms with E-state index in [0.29, 0.717) is 12.1 Å². The van der Waals surface area contributed by atoms with E-state index < -0.39 is 0 Å². The van der Waals surface area contributed by atoms with Crippen molar-refractivity contribution >= 4 is 21.8 Å². The number of rotatable bonds is 4. The molecule has 3 nitrogen and oxygen atoms in total. The third kappa shape index (κ3) is 3.46. The first-order valence-corrected chi connectivity index (χ1v) is 7.22. The number of amides is 1. The highest BCUT2D eigenvalue weighted by Crippen LogP contribution is 2.21. The Morgan fingerprint density at radius 1 is 1.20 bits per heavy atom. The Morgan fingerprint density at radius 2 is 1.90 bits per heavy atom. The van der Waals surface area contributed by atoms with Crippen molar-refractivity contribution in [3.63, 3.8) is 0 Å². The lowest BCUT2D eigenvalue weighted by Crippen LogP contribution is -2.32. The second-order valence-electron chi connectivity index (χ2n) is 4.66. The lowest BCUT2D eigenvalue weighted by molar-refractivity contribution is 0.0950. The number of benzene rings is 2. The van der Waals surface area contributed by atoms with Gasteiger partial charge >= 0.3 is 0 Å². The summed E-state index contributed by atoms with van der Waals surface area (Å²) in [5.41, 5.74) is 8.74. The lowest BCUT2D eigenvalue weighted by Gasteiger charge is -2.14. The number of carbonyl (C=O) groups is 1. The molecule has 0 aliphatic rings. The van der Waals surface area contributed by atoms with Gasteiger partial charge in [0.15, 0.2) is 0 Å². The molecule has 1 amide bonds. The van der Waals surface area contributed by atoms with E-state index in [2.05, 4.69) is 21.2 Å². The largest absolute Gasteiger partial charge is 0.350 e. The first-order chi connectivity index (χ1) is 9.59. The van der Waals surface area contributed by atoms with Gasteiger partial charge in [-0.05, 0) is 40.0 Å². The van der Waals surface area contributed by atoms with Gasteiger partial charge in [-0.3, -0.25) is 4.79 Å². The zero-order valence-corrected chi connectivity index (χ0v) is 12.9. The van der Waals surface area contributed by atoms with Gasteiger partial charge in [0.2, 0.25) is 0 Å². The van der Waals surface area contributed by atoms with Crippen LogP contribution in [0.2, 0.25) is 0 Å². The van der Waals surface area contributed by atoms with Gasteiger partial charge < -0.3 is 11.1 Å². The minimum absolute atomic E-state index is 0.119. The smallest absolute Gasteiger partial charge is 0.252 e. The topological polar surface area (TPSA) is 55.1 Å². The molecule has 2 aromatic rings. The molecule has 0 fully saturated rings. The minimum Gasteiger partial charge on any atom is -0.350 e. The maximum Gasteiger partial charge on any atom is 0.252 e. The Hall–Kier alpha value is -1.65. The van der Waals surface area contributed by atoms with Crippen LogP contribution in [0.4, 0.5) is 0 Å². The van der Waals surface area contributed by atoms with Crippen LogP contribution in [0, 0.1) is 6.92 Å². The molecule has 0 saturated carbocycles. The summed E-state index contributed by atoms with van der Waals surface area (Å²) in [6.45, 7) is 2.36. The predicted molar refractivity (Wildman–Crippen MR) is 84.6 cm³/mol. The number of nitrogens with two attached hydrogens (primary N) is 1. The maximum absolute atomic E-state index is 12.2. The van der Waals surface area contributed by atoms with Crippen molar-refractivity contribution in [1.29, 1.82) is 0 Å². The molecule has 0 aliphatic heterocycles. The second kappa shape index (κ2) is 6.68. The van der Waals surface area contributed by atoms with Gasteiger partial charge in [0.05, 0.1) is 5.56 Å². The summed E-state index contributed by atoms with van der Waals surface area (Å²) in [6, 6.07) is 15.1. The first-order valence-electron chi connectivity index (χ1n) is 6.43. The average molecular weight is 333 g/mol. The van der Waals surface area contributed by atoms with E-state index in [9.17, 15) is 4.79 Å². The Bertz CT molecular complexity index is 599. The number of hydrogen-bond acceptors (Lipinski definition) is 2. The number of hydrogen-bond donors (Lipinski definition) is 2. The van der Waals surface area contributed by atoms with Gasteiger partial charge in [0, 0.05) is 17.1 Å². The first kappa shape index (κ1) is 14.8. The van der Waals surface area contributed by atoms with Gasteiger partial charge in [0.25, 0.3) is 5.91 Å². The van der Waals surface area contributed by atoms with Crippen LogP contribution in [0.25, 0.3) is 0 Å². The number of halogens is 1. The van der Waals surface area contributed by atoms with Crippen molar-refractivity contribution in [2.45, 2.75) is 13.0 Å². The third-order valence-corrected chi connectivity index (χ3v) is 4.20.